The first kappa shape index (κ1) is 21.1. The van der Waals surface area contributed by atoms with E-state index in [4.69, 9.17) is 4.74 Å². The van der Waals surface area contributed by atoms with Gasteiger partial charge < -0.3 is 19.6 Å². The van der Waals surface area contributed by atoms with E-state index in [1.807, 2.05) is 4.90 Å². The molecule has 2 saturated heterocycles. The van der Waals surface area contributed by atoms with Crippen molar-refractivity contribution in [2.45, 2.75) is 77.4 Å². The van der Waals surface area contributed by atoms with Gasteiger partial charge in [-0.2, -0.15) is 0 Å². The fourth-order valence-corrected chi connectivity index (χ4v) is 5.18. The van der Waals surface area contributed by atoms with Crippen molar-refractivity contribution in [3.63, 3.8) is 0 Å². The first-order chi connectivity index (χ1) is 12.9. The quantitative estimate of drug-likeness (QED) is 0.760. The van der Waals surface area contributed by atoms with Crippen molar-refractivity contribution < 1.29 is 14.6 Å². The van der Waals surface area contributed by atoms with Gasteiger partial charge >= 0.3 is 0 Å². The molecule has 3 atom stereocenters. The van der Waals surface area contributed by atoms with E-state index in [1.54, 1.807) is 0 Å². The number of hydrogen-bond donors (Lipinski definition) is 1. The second-order valence-corrected chi connectivity index (χ2v) is 9.96. The summed E-state index contributed by atoms with van der Waals surface area (Å²) in [6.07, 6.45) is 7.98. The van der Waals surface area contributed by atoms with Gasteiger partial charge in [0.15, 0.2) is 0 Å². The molecule has 1 aliphatic carbocycles. The number of carbonyl (C=O) groups excluding carboxylic acids is 1. The monoisotopic (exact) mass is 380 g/mol. The maximum Gasteiger partial charge on any atom is 0.223 e. The molecule has 0 spiro atoms. The van der Waals surface area contributed by atoms with Gasteiger partial charge in [-0.15, -0.1) is 0 Å². The highest BCUT2D eigenvalue weighted by Crippen LogP contribution is 2.33. The van der Waals surface area contributed by atoms with Crippen molar-refractivity contribution in [1.82, 2.24) is 9.80 Å². The lowest BCUT2D eigenvalue weighted by molar-refractivity contribution is -0.139. The summed E-state index contributed by atoms with van der Waals surface area (Å²) in [7, 11) is 2.19. The minimum atomic E-state index is -0.545. The number of rotatable bonds is 1. The number of hydrogen-bond acceptors (Lipinski definition) is 4. The fraction of sp³-hybridized carbons (Fsp3) is 0.955. The van der Waals surface area contributed by atoms with Crippen molar-refractivity contribution in [2.75, 3.05) is 39.9 Å². The molecule has 1 N–H and O–H groups in total. The molecule has 3 aliphatic rings. The molecular weight excluding hydrogens is 340 g/mol. The molecule has 27 heavy (non-hydrogen) atoms. The number of β-amino-alcohol motifs (C(OH)–C–C–N with tert-alkyl or cyclic N) is 1. The molecule has 5 heteroatoms. The van der Waals surface area contributed by atoms with Crippen molar-refractivity contribution in [1.29, 1.82) is 0 Å². The number of nitrogens with zero attached hydrogens (tertiary/aromatic N) is 2. The highest BCUT2D eigenvalue weighted by molar-refractivity contribution is 5.77. The predicted octanol–water partition coefficient (Wildman–Crippen LogP) is 2.91. The van der Waals surface area contributed by atoms with Crippen molar-refractivity contribution in [3.8, 4) is 0 Å². The molecule has 156 valence electrons. The molecule has 1 amide bonds. The van der Waals surface area contributed by atoms with Gasteiger partial charge in [-0.3, -0.25) is 4.79 Å². The summed E-state index contributed by atoms with van der Waals surface area (Å²) in [5, 5.41) is 10.9. The zero-order valence-corrected chi connectivity index (χ0v) is 17.7. The molecule has 2 heterocycles. The van der Waals surface area contributed by atoms with Crippen LogP contribution in [-0.4, -0.2) is 72.9 Å². The predicted molar refractivity (Wildman–Crippen MR) is 108 cm³/mol. The van der Waals surface area contributed by atoms with Gasteiger partial charge in [0.2, 0.25) is 5.91 Å². The molecule has 2 aliphatic heterocycles. The van der Waals surface area contributed by atoms with Gasteiger partial charge in [-0.05, 0) is 57.5 Å². The van der Waals surface area contributed by atoms with Gasteiger partial charge in [-0.25, -0.2) is 0 Å². The number of carbonyl (C=O) groups is 1. The zero-order valence-electron chi connectivity index (χ0n) is 17.7. The highest BCUT2D eigenvalue weighted by atomic mass is 16.5. The number of piperidine rings is 1. The van der Waals surface area contributed by atoms with Crippen LogP contribution in [0.15, 0.2) is 0 Å². The summed E-state index contributed by atoms with van der Waals surface area (Å²) in [6, 6.07) is 0.318. The summed E-state index contributed by atoms with van der Waals surface area (Å²) in [4.78, 5) is 17.8. The number of aliphatic hydroxyl groups excluding tert-OH is 1. The van der Waals surface area contributed by atoms with E-state index in [0.29, 0.717) is 37.5 Å². The number of ether oxygens (including phenoxy) is 1. The van der Waals surface area contributed by atoms with Crippen molar-refractivity contribution in [2.24, 2.45) is 17.3 Å². The van der Waals surface area contributed by atoms with Gasteiger partial charge in [0.1, 0.15) is 0 Å². The van der Waals surface area contributed by atoms with Crippen LogP contribution in [0.1, 0.15) is 65.2 Å². The SMILES string of the molecule is CN1CC[C@H]2CC(=O)N(C3CCCC3)C[C@H](O)C(C)(C)COCCC[C@H]2C1. The van der Waals surface area contributed by atoms with Gasteiger partial charge in [-0.1, -0.05) is 26.7 Å². The smallest absolute Gasteiger partial charge is 0.223 e. The Morgan fingerprint density at radius 1 is 1.04 bits per heavy atom. The van der Waals surface area contributed by atoms with E-state index in [-0.39, 0.29) is 11.3 Å². The summed E-state index contributed by atoms with van der Waals surface area (Å²) in [6.45, 7) is 8.06. The minimum absolute atomic E-state index is 0.275. The van der Waals surface area contributed by atoms with Crippen LogP contribution in [0.4, 0.5) is 0 Å². The third kappa shape index (κ3) is 5.45. The molecule has 0 radical (unpaired) electrons. The lowest BCUT2D eigenvalue weighted by Gasteiger charge is -2.39. The molecule has 0 bridgehead atoms. The third-order valence-electron chi connectivity index (χ3n) is 7.23. The molecule has 0 aromatic rings. The number of amides is 1. The largest absolute Gasteiger partial charge is 0.391 e. The van der Waals surface area contributed by atoms with E-state index in [0.717, 1.165) is 51.8 Å². The summed E-state index contributed by atoms with van der Waals surface area (Å²) in [5.41, 5.74) is -0.335. The van der Waals surface area contributed by atoms with Crippen LogP contribution in [0.25, 0.3) is 0 Å². The Hall–Kier alpha value is -0.650. The minimum Gasteiger partial charge on any atom is -0.391 e. The second kappa shape index (κ2) is 9.23. The molecule has 0 aromatic heterocycles. The average molecular weight is 381 g/mol. The van der Waals surface area contributed by atoms with Crippen LogP contribution >= 0.6 is 0 Å². The van der Waals surface area contributed by atoms with E-state index < -0.39 is 6.10 Å². The molecule has 1 saturated carbocycles. The Kier molecular flexibility index (Phi) is 7.20. The molecule has 0 unspecified atom stereocenters. The fourth-order valence-electron chi connectivity index (χ4n) is 5.18. The van der Waals surface area contributed by atoms with Crippen LogP contribution in [0.2, 0.25) is 0 Å². The Labute approximate surface area is 165 Å². The maximum absolute atomic E-state index is 13.4. The van der Waals surface area contributed by atoms with Crippen molar-refractivity contribution in [3.05, 3.63) is 0 Å². The molecule has 3 fully saturated rings. The van der Waals surface area contributed by atoms with E-state index >= 15 is 0 Å². The van der Waals surface area contributed by atoms with Crippen LogP contribution in [0.5, 0.6) is 0 Å². The summed E-state index contributed by atoms with van der Waals surface area (Å²) < 4.78 is 5.95. The summed E-state index contributed by atoms with van der Waals surface area (Å²) in [5.74, 6) is 1.33. The van der Waals surface area contributed by atoms with E-state index in [2.05, 4.69) is 25.8 Å². The molecular formula is C22H40N2O3. The van der Waals surface area contributed by atoms with Gasteiger partial charge in [0.05, 0.1) is 12.7 Å². The second-order valence-electron chi connectivity index (χ2n) is 9.96. The standard InChI is InChI=1S/C22H40N2O3/c1-22(2)16-27-12-6-7-18-14-23(3)11-10-17(18)13-21(26)24(15-20(22)25)19-8-4-5-9-19/h17-20,25H,4-16H2,1-3H3/t17-,18-,20-/m0/s1. The van der Waals surface area contributed by atoms with Crippen LogP contribution < -0.4 is 0 Å². The average Bonchev–Trinajstić information content (AvgIpc) is 3.14. The van der Waals surface area contributed by atoms with Crippen LogP contribution in [0.3, 0.4) is 0 Å². The molecule has 0 aromatic carbocycles. The molecule has 5 nitrogen and oxygen atoms in total. The molecule has 3 rings (SSSR count). The number of fused-ring (bicyclic) bond motifs is 1. The maximum atomic E-state index is 13.4. The Morgan fingerprint density at radius 2 is 1.78 bits per heavy atom. The topological polar surface area (TPSA) is 53.0 Å². The van der Waals surface area contributed by atoms with Crippen LogP contribution in [0, 0.1) is 17.3 Å². The van der Waals surface area contributed by atoms with Crippen LogP contribution in [-0.2, 0) is 9.53 Å². The van der Waals surface area contributed by atoms with Crippen molar-refractivity contribution >= 4 is 5.91 Å². The van der Waals surface area contributed by atoms with Gasteiger partial charge in [0.25, 0.3) is 0 Å². The zero-order chi connectivity index (χ0) is 19.4. The van der Waals surface area contributed by atoms with Gasteiger partial charge in [0, 0.05) is 37.6 Å². The Morgan fingerprint density at radius 3 is 2.52 bits per heavy atom. The summed E-state index contributed by atoms with van der Waals surface area (Å²) >= 11 is 0. The third-order valence-corrected chi connectivity index (χ3v) is 7.23. The highest BCUT2D eigenvalue weighted by Gasteiger charge is 2.37. The Balaban J connectivity index is 1.78. The van der Waals surface area contributed by atoms with E-state index in [1.165, 1.54) is 12.8 Å². The lowest BCUT2D eigenvalue weighted by atomic mass is 9.80. The first-order valence-electron chi connectivity index (χ1n) is 11.1. The first-order valence-corrected chi connectivity index (χ1v) is 11.1. The number of likely N-dealkylation sites (tertiary alicyclic amines) is 1. The number of aliphatic hydroxyl groups is 1. The Bertz CT molecular complexity index is 490. The van der Waals surface area contributed by atoms with E-state index in [9.17, 15) is 9.90 Å². The normalized spacial score (nSPS) is 35.2. The lowest BCUT2D eigenvalue weighted by Crippen LogP contribution is -2.49.